The number of rotatable bonds is 2. The van der Waals surface area contributed by atoms with Gasteiger partial charge < -0.3 is 10.5 Å². The summed E-state index contributed by atoms with van der Waals surface area (Å²) in [5, 5.41) is 8.91. The lowest BCUT2D eigenvalue weighted by Gasteiger charge is -2.34. The van der Waals surface area contributed by atoms with E-state index in [9.17, 15) is 0 Å². The second kappa shape index (κ2) is 6.04. The van der Waals surface area contributed by atoms with E-state index < -0.39 is 5.54 Å². The number of hydrogen-bond acceptors (Lipinski definition) is 4. The number of nitrogens with zero attached hydrogens (tertiary/aromatic N) is 2. The molecule has 0 aliphatic carbocycles. The Bertz CT molecular complexity index is 942. The van der Waals surface area contributed by atoms with Crippen molar-refractivity contribution in [2.45, 2.75) is 12.0 Å². The Kier molecular flexibility index (Phi) is 3.72. The van der Waals surface area contributed by atoms with E-state index in [1.807, 2.05) is 36.4 Å². The Labute approximate surface area is 146 Å². The zero-order valence-electron chi connectivity index (χ0n) is 13.6. The van der Waals surface area contributed by atoms with Crippen LogP contribution in [-0.4, -0.2) is 11.6 Å². The minimum absolute atomic E-state index is 0.576. The van der Waals surface area contributed by atoms with E-state index in [1.165, 1.54) is 0 Å². The highest BCUT2D eigenvalue weighted by atomic mass is 16.5. The van der Waals surface area contributed by atoms with E-state index in [0.29, 0.717) is 18.6 Å². The van der Waals surface area contributed by atoms with Gasteiger partial charge in [0.2, 0.25) is 0 Å². The lowest BCUT2D eigenvalue weighted by molar-refractivity contribution is 0.232. The van der Waals surface area contributed by atoms with Crippen LogP contribution >= 0.6 is 0 Å². The predicted molar refractivity (Wildman–Crippen MR) is 95.9 cm³/mol. The number of nitrogens with two attached hydrogens (primary N) is 1. The Morgan fingerprint density at radius 3 is 2.36 bits per heavy atom. The molecule has 1 atom stereocenters. The molecule has 1 aliphatic rings. The molecule has 1 aromatic heterocycles. The minimum atomic E-state index is -0.641. The average molecular weight is 327 g/mol. The van der Waals surface area contributed by atoms with Crippen molar-refractivity contribution in [2.75, 3.05) is 6.61 Å². The van der Waals surface area contributed by atoms with Crippen LogP contribution in [-0.2, 0) is 5.54 Å². The van der Waals surface area contributed by atoms with Gasteiger partial charge in [0.15, 0.2) is 0 Å². The lowest BCUT2D eigenvalue weighted by Crippen LogP contribution is -2.43. The first-order chi connectivity index (χ1) is 12.2. The summed E-state index contributed by atoms with van der Waals surface area (Å²) < 4.78 is 5.69. The van der Waals surface area contributed by atoms with Crippen LogP contribution in [0, 0.1) is 11.3 Å². The summed E-state index contributed by atoms with van der Waals surface area (Å²) in [6, 6.07) is 21.7. The van der Waals surface area contributed by atoms with E-state index >= 15 is 0 Å². The Balaban J connectivity index is 1.70. The van der Waals surface area contributed by atoms with Gasteiger partial charge in [0, 0.05) is 12.6 Å². The van der Waals surface area contributed by atoms with Gasteiger partial charge in [-0.05, 0) is 41.0 Å². The van der Waals surface area contributed by atoms with Crippen LogP contribution in [0.25, 0.3) is 11.1 Å². The molecule has 0 saturated heterocycles. The van der Waals surface area contributed by atoms with Crippen molar-refractivity contribution in [3.8, 4) is 22.9 Å². The van der Waals surface area contributed by atoms with Gasteiger partial charge >= 0.3 is 0 Å². The van der Waals surface area contributed by atoms with Crippen molar-refractivity contribution in [2.24, 2.45) is 5.73 Å². The molecule has 4 nitrogen and oxygen atoms in total. The van der Waals surface area contributed by atoms with Crippen LogP contribution in [0.15, 0.2) is 66.9 Å². The highest BCUT2D eigenvalue weighted by molar-refractivity contribution is 5.65. The van der Waals surface area contributed by atoms with E-state index in [0.717, 1.165) is 28.1 Å². The van der Waals surface area contributed by atoms with Gasteiger partial charge in [0.1, 0.15) is 11.4 Å². The number of hydrogen-bond donors (Lipinski definition) is 1. The summed E-state index contributed by atoms with van der Waals surface area (Å²) in [7, 11) is 0. The number of pyridine rings is 1. The zero-order valence-corrected chi connectivity index (χ0v) is 13.6. The third-order valence-electron chi connectivity index (χ3n) is 4.69. The molecule has 2 aromatic carbocycles. The first-order valence-electron chi connectivity index (χ1n) is 8.19. The summed E-state index contributed by atoms with van der Waals surface area (Å²) >= 11 is 0. The third-order valence-corrected chi connectivity index (χ3v) is 4.69. The van der Waals surface area contributed by atoms with Gasteiger partial charge in [-0.25, -0.2) is 0 Å². The van der Waals surface area contributed by atoms with Crippen LogP contribution in [0.4, 0.5) is 0 Å². The molecular weight excluding hydrogens is 310 g/mol. The smallest absolute Gasteiger partial charge is 0.143 e. The molecule has 2 heterocycles. The fourth-order valence-corrected chi connectivity index (χ4v) is 3.26. The third kappa shape index (κ3) is 2.65. The SMILES string of the molecule is N#Cc1ccc(-c2ccc(C3(N)CCOc4cccnc43)cc2)cc1. The molecule has 4 heteroatoms. The molecular formula is C21H17N3O. The van der Waals surface area contributed by atoms with Crippen LogP contribution in [0.3, 0.4) is 0 Å². The fourth-order valence-electron chi connectivity index (χ4n) is 3.26. The standard InChI is InChI=1S/C21H17N3O/c22-14-15-3-5-16(6-4-15)17-7-9-18(10-8-17)21(23)11-13-25-19-2-1-12-24-20(19)21/h1-10,12H,11,13,23H2. The van der Waals surface area contributed by atoms with E-state index in [2.05, 4.69) is 35.3 Å². The Morgan fingerprint density at radius 2 is 1.68 bits per heavy atom. The van der Waals surface area contributed by atoms with Gasteiger partial charge in [0.25, 0.3) is 0 Å². The molecule has 0 saturated carbocycles. The van der Waals surface area contributed by atoms with Crippen molar-refractivity contribution >= 4 is 0 Å². The Hall–Kier alpha value is -3.16. The normalized spacial score (nSPS) is 18.7. The molecule has 0 amide bonds. The van der Waals surface area contributed by atoms with Crippen LogP contribution in [0.5, 0.6) is 5.75 Å². The zero-order chi connectivity index (χ0) is 17.3. The van der Waals surface area contributed by atoms with Crippen molar-refractivity contribution < 1.29 is 4.74 Å². The molecule has 4 rings (SSSR count). The topological polar surface area (TPSA) is 71.9 Å². The largest absolute Gasteiger partial charge is 0.491 e. The second-order valence-electron chi connectivity index (χ2n) is 6.19. The number of fused-ring (bicyclic) bond motifs is 1. The monoisotopic (exact) mass is 327 g/mol. The average Bonchev–Trinajstić information content (AvgIpc) is 2.69. The van der Waals surface area contributed by atoms with Gasteiger partial charge in [0.05, 0.1) is 23.8 Å². The summed E-state index contributed by atoms with van der Waals surface area (Å²) in [6.07, 6.45) is 2.44. The quantitative estimate of drug-likeness (QED) is 0.780. The maximum Gasteiger partial charge on any atom is 0.143 e. The molecule has 122 valence electrons. The molecule has 1 unspecified atom stereocenters. The van der Waals surface area contributed by atoms with Gasteiger partial charge in [-0.3, -0.25) is 4.98 Å². The number of nitriles is 1. The molecule has 0 spiro atoms. The first kappa shape index (κ1) is 15.4. The molecule has 3 aromatic rings. The number of aromatic nitrogens is 1. The van der Waals surface area contributed by atoms with Gasteiger partial charge in [-0.15, -0.1) is 0 Å². The van der Waals surface area contributed by atoms with Crippen LogP contribution < -0.4 is 10.5 Å². The lowest BCUT2D eigenvalue weighted by atomic mass is 9.82. The maximum atomic E-state index is 8.91. The molecule has 25 heavy (non-hydrogen) atoms. The van der Waals surface area contributed by atoms with E-state index in [4.69, 9.17) is 15.7 Å². The van der Waals surface area contributed by atoms with Crippen molar-refractivity contribution in [3.05, 3.63) is 83.7 Å². The second-order valence-corrected chi connectivity index (χ2v) is 6.19. The fraction of sp³-hybridized carbons (Fsp3) is 0.143. The summed E-state index contributed by atoms with van der Waals surface area (Å²) in [4.78, 5) is 4.47. The Morgan fingerprint density at radius 1 is 1.00 bits per heavy atom. The number of ether oxygens (including phenoxy) is 1. The van der Waals surface area contributed by atoms with Gasteiger partial charge in [-0.2, -0.15) is 5.26 Å². The van der Waals surface area contributed by atoms with E-state index in [1.54, 1.807) is 6.20 Å². The summed E-state index contributed by atoms with van der Waals surface area (Å²) in [6.45, 7) is 0.576. The maximum absolute atomic E-state index is 8.91. The molecule has 0 bridgehead atoms. The molecule has 0 radical (unpaired) electrons. The number of benzene rings is 2. The first-order valence-corrected chi connectivity index (χ1v) is 8.19. The highest BCUT2D eigenvalue weighted by Gasteiger charge is 2.37. The van der Waals surface area contributed by atoms with Crippen molar-refractivity contribution in [3.63, 3.8) is 0 Å². The highest BCUT2D eigenvalue weighted by Crippen LogP contribution is 2.38. The van der Waals surface area contributed by atoms with Crippen molar-refractivity contribution in [1.29, 1.82) is 5.26 Å². The van der Waals surface area contributed by atoms with Crippen molar-refractivity contribution in [1.82, 2.24) is 4.98 Å². The minimum Gasteiger partial charge on any atom is -0.491 e. The van der Waals surface area contributed by atoms with Gasteiger partial charge in [-0.1, -0.05) is 36.4 Å². The van der Waals surface area contributed by atoms with Crippen LogP contribution in [0.1, 0.15) is 23.2 Å². The summed E-state index contributed by atoms with van der Waals surface area (Å²) in [5.41, 5.74) is 10.7. The summed E-state index contributed by atoms with van der Waals surface area (Å²) in [5.74, 6) is 0.757. The predicted octanol–water partition coefficient (Wildman–Crippen LogP) is 3.61. The molecule has 0 fully saturated rings. The van der Waals surface area contributed by atoms with E-state index in [-0.39, 0.29) is 0 Å². The molecule has 2 N–H and O–H groups in total. The molecule has 1 aliphatic heterocycles. The van der Waals surface area contributed by atoms with Crippen LogP contribution in [0.2, 0.25) is 0 Å².